The number of phenols is 1. The van der Waals surface area contributed by atoms with Gasteiger partial charge in [0.15, 0.2) is 12.1 Å². The molecule has 2 unspecified atom stereocenters. The molecule has 0 aliphatic carbocycles. The number of carbonyl (C=O) groups is 4. The zero-order chi connectivity index (χ0) is 36.9. The molecule has 1 saturated heterocycles. The predicted molar refractivity (Wildman–Crippen MR) is 162 cm³/mol. The fraction of sp³-hybridized carbons (Fsp3) is 0.407. The number of aliphatic hydroxyl groups excluding tert-OH is 1. The minimum atomic E-state index is -2.20. The average Bonchev–Trinajstić information content (AvgIpc) is 3.66. The van der Waals surface area contributed by atoms with E-state index >= 15 is 0 Å². The van der Waals surface area contributed by atoms with Gasteiger partial charge >= 0.3 is 64.9 Å². The van der Waals surface area contributed by atoms with Crippen molar-refractivity contribution in [1.82, 2.24) is 40.0 Å². The number of aliphatic hydroxyl groups is 1. The van der Waals surface area contributed by atoms with Crippen LogP contribution in [0.4, 0.5) is 5.82 Å². The van der Waals surface area contributed by atoms with Gasteiger partial charge in [-0.05, 0) is 38.6 Å². The maximum atomic E-state index is 13.1. The Balaban J connectivity index is 0.000000496. The first-order valence-corrected chi connectivity index (χ1v) is 15.7. The van der Waals surface area contributed by atoms with Crippen LogP contribution in [0.3, 0.4) is 0 Å². The zero-order valence-electron chi connectivity index (χ0n) is 28.3. The van der Waals surface area contributed by atoms with Crippen LogP contribution in [-0.4, -0.2) is 117 Å². The van der Waals surface area contributed by atoms with Gasteiger partial charge in [0.1, 0.15) is 30.5 Å². The van der Waals surface area contributed by atoms with Crippen molar-refractivity contribution in [2.45, 2.75) is 42.6 Å². The minimum Gasteiger partial charge on any atom is -0.549 e. The van der Waals surface area contributed by atoms with E-state index in [1.54, 1.807) is 14.0 Å². The van der Waals surface area contributed by atoms with Gasteiger partial charge in [-0.15, -0.1) is 16.7 Å². The van der Waals surface area contributed by atoms with Gasteiger partial charge in [-0.2, -0.15) is 0 Å². The van der Waals surface area contributed by atoms with Crippen LogP contribution < -0.4 is 74.6 Å². The number of nitrogens with zero attached hydrogens (tertiary/aromatic N) is 8. The van der Waals surface area contributed by atoms with Crippen LogP contribution in [0.25, 0.3) is 0 Å². The number of alkyl halides is 1. The largest absolute Gasteiger partial charge is 1.00 e. The summed E-state index contributed by atoms with van der Waals surface area (Å²) < 4.78 is 13.6. The number of ether oxygens (including phenoxy) is 2. The first-order chi connectivity index (χ1) is 23.7. The zero-order valence-corrected chi connectivity index (χ0v) is 33.9. The summed E-state index contributed by atoms with van der Waals surface area (Å²) in [6.07, 6.45) is -1.06. The number of benzene rings is 1. The fourth-order valence-electron chi connectivity index (χ4n) is 4.94. The van der Waals surface area contributed by atoms with Crippen molar-refractivity contribution in [1.29, 1.82) is 0 Å². The maximum absolute atomic E-state index is 13.1. The van der Waals surface area contributed by atoms with Crippen molar-refractivity contribution in [2.24, 2.45) is 7.05 Å². The molecule has 52 heavy (non-hydrogen) atoms. The number of aromatic nitrogens is 6. The molecule has 25 heteroatoms. The van der Waals surface area contributed by atoms with E-state index in [2.05, 4.69) is 25.8 Å². The molecule has 5 rings (SSSR count). The van der Waals surface area contributed by atoms with Crippen molar-refractivity contribution in [3.05, 3.63) is 63.2 Å². The number of thioether (sulfide) groups is 1. The van der Waals surface area contributed by atoms with Crippen LogP contribution in [-0.2, 0) is 42.2 Å². The molecule has 2 aliphatic rings. The van der Waals surface area contributed by atoms with E-state index in [1.165, 1.54) is 33.5 Å². The van der Waals surface area contributed by atoms with Gasteiger partial charge in [-0.25, -0.2) is 14.2 Å². The molecular weight excluding hydrogens is 756 g/mol. The third kappa shape index (κ3) is 9.49. The summed E-state index contributed by atoms with van der Waals surface area (Å²) in [6.45, 7) is 1.46. The number of β-lactam (4-membered cyclic amide) rings is 1. The number of aryl methyl sites for hydroxylation is 2. The van der Waals surface area contributed by atoms with E-state index < -0.39 is 58.3 Å². The second-order valence-corrected chi connectivity index (χ2v) is 11.8. The number of hydrogen-bond acceptors (Lipinski definition) is 17. The van der Waals surface area contributed by atoms with Crippen LogP contribution in [0.15, 0.2) is 46.9 Å². The van der Waals surface area contributed by atoms with E-state index in [9.17, 15) is 49.7 Å². The van der Waals surface area contributed by atoms with Gasteiger partial charge in [0.05, 0.1) is 30.1 Å². The third-order valence-electron chi connectivity index (χ3n) is 7.41. The van der Waals surface area contributed by atoms with Gasteiger partial charge in [-0.3, -0.25) is 14.5 Å². The number of fused-ring (bicyclic) bond motifs is 1. The van der Waals surface area contributed by atoms with Crippen molar-refractivity contribution in [3.8, 4) is 5.75 Å². The Hall–Kier alpha value is -3.16. The molecule has 3 N–H and O–H groups in total. The molecule has 4 atom stereocenters. The van der Waals surface area contributed by atoms with Crippen LogP contribution in [0.5, 0.6) is 5.75 Å². The Bertz CT molecular complexity index is 1830. The Morgan fingerprint density at radius 3 is 2.42 bits per heavy atom. The number of nitrogens with one attached hydrogen (secondary N) is 1. The molecular formula is C27H28ClN9Na2O12S. The molecule has 268 valence electrons. The molecule has 2 aromatic heterocycles. The number of tetrazole rings is 1. The first-order valence-electron chi connectivity index (χ1n) is 14.2. The molecule has 2 aliphatic heterocycles. The number of phenolic OH excluding ortho intramolecular Hbond substituents is 1. The summed E-state index contributed by atoms with van der Waals surface area (Å²) in [5, 5.41) is 66.5. The number of imidazole rings is 1. The normalized spacial score (nSPS) is 18.7. The number of aliphatic carboxylic acids is 2. The van der Waals surface area contributed by atoms with Gasteiger partial charge in [0.2, 0.25) is 11.1 Å². The molecule has 1 aromatic carbocycles. The molecule has 0 bridgehead atoms. The number of aromatic hydroxyl groups is 1. The van der Waals surface area contributed by atoms with Crippen molar-refractivity contribution in [2.75, 3.05) is 25.3 Å². The topological polar surface area (TPSA) is 293 Å². The predicted octanol–water partition coefficient (Wildman–Crippen LogP) is -9.09. The molecule has 0 saturated carbocycles. The first kappa shape index (κ1) is 45.0. The summed E-state index contributed by atoms with van der Waals surface area (Å²) in [5.41, 5.74) is -2.50. The van der Waals surface area contributed by atoms with Gasteiger partial charge in [0.25, 0.3) is 11.6 Å². The number of carboxylic acids is 2. The number of carboxylic acid groups (broad SMARTS) is 2. The second kappa shape index (κ2) is 19.3. The van der Waals surface area contributed by atoms with Gasteiger partial charge in [-0.1, -0.05) is 23.9 Å². The molecule has 3 aromatic rings. The number of methoxy groups -OCH3 is 1. The fourth-order valence-corrected chi connectivity index (χ4v) is 5.88. The van der Waals surface area contributed by atoms with E-state index in [0.29, 0.717) is 11.0 Å². The Morgan fingerprint density at radius 1 is 1.25 bits per heavy atom. The summed E-state index contributed by atoms with van der Waals surface area (Å²) in [4.78, 5) is 64.3. The summed E-state index contributed by atoms with van der Waals surface area (Å²) in [6, 6.07) is 4.76. The summed E-state index contributed by atoms with van der Waals surface area (Å²) in [5.74, 6) is -7.19. The van der Waals surface area contributed by atoms with E-state index in [4.69, 9.17) is 21.1 Å². The van der Waals surface area contributed by atoms with E-state index in [-0.39, 0.29) is 107 Å². The van der Waals surface area contributed by atoms with Crippen LogP contribution >= 0.6 is 23.4 Å². The van der Waals surface area contributed by atoms with Crippen molar-refractivity contribution < 1.29 is 113 Å². The minimum absolute atomic E-state index is 0. The Labute approximate surface area is 347 Å². The molecule has 0 spiro atoms. The number of hydrogen-bond donors (Lipinski definition) is 3. The molecule has 0 radical (unpaired) electrons. The SMILES string of the molecule is CO[C@@]1(NC(=O)C(C(=O)[O-])c2ccc(O)cc2)C(=O)N2C(C(=O)[O-])=C(CSc3nnnn3C)CO[C@@H]21.Cc1ncc([N+](=O)[O-])n1CC(O)CCl.[Na+].[Na+]. The summed E-state index contributed by atoms with van der Waals surface area (Å²) in [7, 11) is 2.67. The van der Waals surface area contributed by atoms with Crippen LogP contribution in [0, 0.1) is 17.0 Å². The number of nitro groups is 1. The Morgan fingerprint density at radius 2 is 1.90 bits per heavy atom. The number of halogens is 1. The van der Waals surface area contributed by atoms with Crippen LogP contribution in [0.2, 0.25) is 0 Å². The summed E-state index contributed by atoms with van der Waals surface area (Å²) >= 11 is 6.50. The number of rotatable bonds is 13. The van der Waals surface area contributed by atoms with Gasteiger partial charge in [0, 0.05) is 26.8 Å². The quantitative estimate of drug-likeness (QED) is 0.0212. The second-order valence-electron chi connectivity index (χ2n) is 10.6. The Kier molecular flexibility index (Phi) is 16.7. The maximum Gasteiger partial charge on any atom is 1.00 e. The molecule has 4 heterocycles. The van der Waals surface area contributed by atoms with Crippen molar-refractivity contribution in [3.63, 3.8) is 0 Å². The number of carbonyl (C=O) groups excluding carboxylic acids is 4. The smallest absolute Gasteiger partial charge is 0.549 e. The molecule has 2 amide bonds. The number of amides is 2. The average molecular weight is 784 g/mol. The third-order valence-corrected chi connectivity index (χ3v) is 8.86. The van der Waals surface area contributed by atoms with Crippen LogP contribution in [0.1, 0.15) is 17.3 Å². The van der Waals surface area contributed by atoms with E-state index in [0.717, 1.165) is 30.0 Å². The van der Waals surface area contributed by atoms with Gasteiger partial charge < -0.3 is 54.9 Å². The standard InChI is InChI=1S/C20H20N6O9S.C7H10ClN3O3.2Na/c1-25-19(22-23-24-25)36-8-10-7-35-18-20(34-2,17(33)26(18)13(10)16(31)32)21-14(28)12(15(29)30)9-3-5-11(27)6-4-9;1-5-9-3-7(11(13)14)10(5)4-6(12)2-8;;/h3-6,12,18,27H,7-8H2,1-2H3,(H,21,28)(H,29,30)(H,31,32);3,6,12H,2,4H2,1H3;;/q;;2*+1/p-2/t12?,18-,20+;;;/m1.../s1. The monoisotopic (exact) mass is 783 g/mol. The molecule has 21 nitrogen and oxygen atoms in total. The molecule has 1 fully saturated rings. The van der Waals surface area contributed by atoms with Crippen molar-refractivity contribution >= 4 is 52.9 Å². The van der Waals surface area contributed by atoms with E-state index in [1.807, 2.05) is 0 Å².